The molecule has 10 heteroatoms. The highest BCUT2D eigenvalue weighted by Crippen LogP contribution is 2.48. The first-order valence-electron chi connectivity index (χ1n) is 12.7. The molecule has 202 valence electrons. The fraction of sp³-hybridized carbons (Fsp3) is 0.310. The normalized spacial score (nSPS) is 20.0. The zero-order chi connectivity index (χ0) is 27.9. The van der Waals surface area contributed by atoms with Crippen LogP contribution in [-0.2, 0) is 9.59 Å². The first-order chi connectivity index (χ1) is 18.6. The molecule has 0 bridgehead atoms. The highest BCUT2D eigenvalue weighted by Gasteiger charge is 2.50. The first kappa shape index (κ1) is 26.4. The van der Waals surface area contributed by atoms with Crippen LogP contribution in [0.3, 0.4) is 0 Å². The minimum Gasteiger partial charge on any atom is -0.345 e. The predicted octanol–water partition coefficient (Wildman–Crippen LogP) is 4.53. The van der Waals surface area contributed by atoms with Gasteiger partial charge in [-0.2, -0.15) is 0 Å². The van der Waals surface area contributed by atoms with Crippen molar-refractivity contribution in [1.82, 2.24) is 15.2 Å². The van der Waals surface area contributed by atoms with Crippen molar-refractivity contribution < 1.29 is 27.6 Å². The molecule has 3 aromatic rings. The van der Waals surface area contributed by atoms with Crippen LogP contribution in [0, 0.1) is 36.7 Å². The third kappa shape index (κ3) is 5.10. The van der Waals surface area contributed by atoms with Gasteiger partial charge in [0.1, 0.15) is 28.8 Å². The summed E-state index contributed by atoms with van der Waals surface area (Å²) in [5.41, 5.74) is 0.823. The van der Waals surface area contributed by atoms with Gasteiger partial charge >= 0.3 is 11.8 Å². The summed E-state index contributed by atoms with van der Waals surface area (Å²) >= 11 is 0. The van der Waals surface area contributed by atoms with Crippen LogP contribution in [0.25, 0.3) is 11.3 Å². The van der Waals surface area contributed by atoms with E-state index in [-0.39, 0.29) is 17.2 Å². The van der Waals surface area contributed by atoms with Gasteiger partial charge in [0, 0.05) is 24.8 Å². The molecular weight excluding hydrogens is 509 g/mol. The maximum atomic E-state index is 14.4. The number of nitrogens with one attached hydrogen (secondary N) is 2. The maximum Gasteiger partial charge on any atom is 0.313 e. The number of aromatic nitrogens is 1. The zero-order valence-electron chi connectivity index (χ0n) is 21.5. The Bertz CT molecular complexity index is 1450. The number of para-hydroxylation sites is 1. The Hall–Kier alpha value is -4.21. The van der Waals surface area contributed by atoms with E-state index in [4.69, 9.17) is 0 Å². The van der Waals surface area contributed by atoms with E-state index in [1.54, 1.807) is 4.90 Å². The van der Waals surface area contributed by atoms with Crippen LogP contribution in [0.5, 0.6) is 0 Å². The van der Waals surface area contributed by atoms with Crippen LogP contribution < -0.4 is 10.6 Å². The van der Waals surface area contributed by atoms with E-state index in [0.29, 0.717) is 38.0 Å². The van der Waals surface area contributed by atoms with Crippen molar-refractivity contribution in [3.8, 4) is 11.3 Å². The molecule has 2 N–H and O–H groups in total. The zero-order valence-corrected chi connectivity index (χ0v) is 21.5. The van der Waals surface area contributed by atoms with Crippen LogP contribution in [0.2, 0.25) is 0 Å². The van der Waals surface area contributed by atoms with Gasteiger partial charge < -0.3 is 15.5 Å². The lowest BCUT2D eigenvalue weighted by molar-refractivity contribution is -0.137. The summed E-state index contributed by atoms with van der Waals surface area (Å²) in [6, 6.07) is 10.7. The molecule has 1 saturated heterocycles. The molecule has 1 aliphatic heterocycles. The number of halogens is 3. The van der Waals surface area contributed by atoms with Gasteiger partial charge in [-0.3, -0.25) is 14.4 Å². The van der Waals surface area contributed by atoms with Gasteiger partial charge in [0.05, 0.1) is 5.56 Å². The molecule has 39 heavy (non-hydrogen) atoms. The molecule has 5 rings (SSSR count). The number of anilines is 1. The van der Waals surface area contributed by atoms with Crippen LogP contribution in [-0.4, -0.2) is 46.7 Å². The summed E-state index contributed by atoms with van der Waals surface area (Å²) in [4.78, 5) is 43.6. The smallest absolute Gasteiger partial charge is 0.313 e. The number of nitrogens with zero attached hydrogens (tertiary/aromatic N) is 2. The second-order valence-corrected chi connectivity index (χ2v) is 10.4. The minimum absolute atomic E-state index is 0.113. The topological polar surface area (TPSA) is 91.4 Å². The molecular formula is C29H27F3N4O3. The van der Waals surface area contributed by atoms with Crippen molar-refractivity contribution in [3.05, 3.63) is 82.8 Å². The van der Waals surface area contributed by atoms with Crippen LogP contribution in [0.4, 0.5) is 18.9 Å². The van der Waals surface area contributed by atoms with E-state index in [1.165, 1.54) is 6.07 Å². The highest BCUT2D eigenvalue weighted by atomic mass is 19.1. The number of hydrogen-bond acceptors (Lipinski definition) is 4. The molecule has 2 heterocycles. The van der Waals surface area contributed by atoms with Crippen molar-refractivity contribution in [2.24, 2.45) is 5.41 Å². The fourth-order valence-electron chi connectivity index (χ4n) is 5.58. The lowest BCUT2D eigenvalue weighted by Gasteiger charge is -2.45. The van der Waals surface area contributed by atoms with Gasteiger partial charge in [0.25, 0.3) is 5.91 Å². The quantitative estimate of drug-likeness (QED) is 0.480. The van der Waals surface area contributed by atoms with Crippen molar-refractivity contribution in [2.75, 3.05) is 18.4 Å². The van der Waals surface area contributed by atoms with Crippen LogP contribution >= 0.6 is 0 Å². The Kier molecular flexibility index (Phi) is 6.88. The molecule has 7 nitrogen and oxygen atoms in total. The fourth-order valence-corrected chi connectivity index (χ4v) is 5.58. The number of likely N-dealkylation sites (tertiary alicyclic amines) is 1. The number of hydrogen-bond donors (Lipinski definition) is 2. The standard InChI is InChI=1S/C29H27F3N4O3/c1-16-5-3-6-17(2)24(16)35-27(38)26(37)33-18-13-29(14-18)11-12-36(15-29)28(39)22-10-9-21(32)25(34-22)23-19(30)7-4-8-20(23)31/h3-10,18H,11-15H2,1-2H3,(H,33,37)(H,35,38). The van der Waals surface area contributed by atoms with Crippen molar-refractivity contribution in [2.45, 2.75) is 39.2 Å². The Morgan fingerprint density at radius 1 is 0.897 bits per heavy atom. The minimum atomic E-state index is -0.976. The van der Waals surface area contributed by atoms with Crippen molar-refractivity contribution in [1.29, 1.82) is 0 Å². The van der Waals surface area contributed by atoms with E-state index in [2.05, 4.69) is 15.6 Å². The molecule has 0 radical (unpaired) electrons. The van der Waals surface area contributed by atoms with Gasteiger partial charge in [-0.15, -0.1) is 0 Å². The van der Waals surface area contributed by atoms with E-state index >= 15 is 0 Å². The summed E-state index contributed by atoms with van der Waals surface area (Å²) < 4.78 is 42.9. The molecule has 0 unspecified atom stereocenters. The maximum absolute atomic E-state index is 14.4. The SMILES string of the molecule is Cc1cccc(C)c1NC(=O)C(=O)NC1CC2(CCN(C(=O)c3ccc(F)c(-c4c(F)cccc4F)n3)C2)C1. The van der Waals surface area contributed by atoms with E-state index in [1.807, 2.05) is 32.0 Å². The number of carbonyl (C=O) groups is 3. The van der Waals surface area contributed by atoms with Gasteiger partial charge in [0.15, 0.2) is 0 Å². The average Bonchev–Trinajstić information content (AvgIpc) is 3.32. The summed E-state index contributed by atoms with van der Waals surface area (Å²) in [6.07, 6.45) is 1.89. The molecule has 1 spiro atoms. The highest BCUT2D eigenvalue weighted by molar-refractivity contribution is 6.39. The van der Waals surface area contributed by atoms with Gasteiger partial charge in [-0.05, 0) is 73.9 Å². The molecule has 0 atom stereocenters. The molecule has 2 aliphatic rings. The summed E-state index contributed by atoms with van der Waals surface area (Å²) in [7, 11) is 0. The Morgan fingerprint density at radius 3 is 2.21 bits per heavy atom. The lowest BCUT2D eigenvalue weighted by Crippen LogP contribution is -2.54. The summed E-state index contributed by atoms with van der Waals surface area (Å²) in [6.45, 7) is 4.53. The first-order valence-corrected chi connectivity index (χ1v) is 12.7. The molecule has 2 fully saturated rings. The summed E-state index contributed by atoms with van der Waals surface area (Å²) in [5, 5.41) is 5.44. The summed E-state index contributed by atoms with van der Waals surface area (Å²) in [5.74, 6) is -4.81. The van der Waals surface area contributed by atoms with Crippen LogP contribution in [0.15, 0.2) is 48.5 Å². The van der Waals surface area contributed by atoms with Gasteiger partial charge in [-0.25, -0.2) is 18.2 Å². The third-order valence-corrected chi connectivity index (χ3v) is 7.61. The molecule has 1 aromatic heterocycles. The monoisotopic (exact) mass is 536 g/mol. The Morgan fingerprint density at radius 2 is 1.54 bits per heavy atom. The largest absolute Gasteiger partial charge is 0.345 e. The third-order valence-electron chi connectivity index (χ3n) is 7.61. The van der Waals surface area contributed by atoms with Crippen LogP contribution in [0.1, 0.15) is 40.9 Å². The molecule has 2 aromatic carbocycles. The molecule has 1 saturated carbocycles. The number of rotatable bonds is 4. The molecule has 3 amide bonds. The Labute approximate surface area is 223 Å². The number of benzene rings is 2. The molecule has 1 aliphatic carbocycles. The predicted molar refractivity (Wildman–Crippen MR) is 138 cm³/mol. The second kappa shape index (κ2) is 10.2. The number of amides is 3. The van der Waals surface area contributed by atoms with E-state index in [9.17, 15) is 27.6 Å². The number of carbonyl (C=O) groups excluding carboxylic acids is 3. The Balaban J connectivity index is 1.19. The number of pyridine rings is 1. The van der Waals surface area contributed by atoms with Gasteiger partial charge in [0.2, 0.25) is 0 Å². The number of aryl methyl sites for hydroxylation is 2. The second-order valence-electron chi connectivity index (χ2n) is 10.4. The van der Waals surface area contributed by atoms with Crippen molar-refractivity contribution >= 4 is 23.4 Å². The van der Waals surface area contributed by atoms with Gasteiger partial charge in [-0.1, -0.05) is 24.3 Å². The lowest BCUT2D eigenvalue weighted by atomic mass is 9.65. The van der Waals surface area contributed by atoms with Crippen molar-refractivity contribution in [3.63, 3.8) is 0 Å². The van der Waals surface area contributed by atoms with E-state index in [0.717, 1.165) is 35.4 Å². The average molecular weight is 537 g/mol. The van der Waals surface area contributed by atoms with E-state index < -0.39 is 46.4 Å².